The molecule has 4 nitrogen and oxygen atoms in total. The predicted molar refractivity (Wildman–Crippen MR) is 81.4 cm³/mol. The normalized spacial score (nSPS) is 10.8. The molecule has 2 aromatic heterocycles. The van der Waals surface area contributed by atoms with Crippen molar-refractivity contribution >= 4 is 16.9 Å². The first-order chi connectivity index (χ1) is 10.1. The van der Waals surface area contributed by atoms with Gasteiger partial charge < -0.3 is 5.11 Å². The molecule has 0 radical (unpaired) electrons. The maximum absolute atomic E-state index is 11.6. The number of carboxylic acid groups (broad SMARTS) is 1. The molecule has 0 unspecified atom stereocenters. The Morgan fingerprint density at radius 1 is 1.10 bits per heavy atom. The highest BCUT2D eigenvalue weighted by molar-refractivity contribution is 6.04. The Morgan fingerprint density at radius 2 is 1.81 bits per heavy atom. The summed E-state index contributed by atoms with van der Waals surface area (Å²) in [4.78, 5) is 20.2. The van der Waals surface area contributed by atoms with Crippen molar-refractivity contribution < 1.29 is 9.90 Å². The van der Waals surface area contributed by atoms with Crippen molar-refractivity contribution in [2.24, 2.45) is 0 Å². The second-order valence-corrected chi connectivity index (χ2v) is 5.07. The highest BCUT2D eigenvalue weighted by atomic mass is 16.4. The van der Waals surface area contributed by atoms with Crippen molar-refractivity contribution in [3.63, 3.8) is 0 Å². The summed E-state index contributed by atoms with van der Waals surface area (Å²) in [5, 5.41) is 10.2. The Kier molecular flexibility index (Phi) is 3.14. The molecule has 0 aliphatic carbocycles. The van der Waals surface area contributed by atoms with Crippen molar-refractivity contribution in [1.82, 2.24) is 9.97 Å². The number of aromatic nitrogens is 2. The smallest absolute Gasteiger partial charge is 0.336 e. The summed E-state index contributed by atoms with van der Waals surface area (Å²) >= 11 is 0. The summed E-state index contributed by atoms with van der Waals surface area (Å²) in [5.74, 6) is -0.942. The molecular weight excluding hydrogens is 264 g/mol. The van der Waals surface area contributed by atoms with E-state index in [9.17, 15) is 9.90 Å². The number of carbonyl (C=O) groups is 1. The minimum atomic E-state index is -0.942. The molecule has 0 saturated heterocycles. The van der Waals surface area contributed by atoms with E-state index in [4.69, 9.17) is 0 Å². The number of pyridine rings is 2. The molecule has 0 fully saturated rings. The summed E-state index contributed by atoms with van der Waals surface area (Å²) in [6.45, 7) is 3.90. The Balaban J connectivity index is 2.38. The summed E-state index contributed by atoms with van der Waals surface area (Å²) in [6, 6.07) is 9.15. The number of carboxylic acids is 1. The number of aryl methyl sites for hydroxylation is 2. The van der Waals surface area contributed by atoms with Crippen LogP contribution in [0.3, 0.4) is 0 Å². The van der Waals surface area contributed by atoms with Crippen molar-refractivity contribution in [2.45, 2.75) is 13.8 Å². The zero-order valence-electron chi connectivity index (χ0n) is 11.8. The predicted octanol–water partition coefficient (Wildman–Crippen LogP) is 3.61. The van der Waals surface area contributed by atoms with Gasteiger partial charge in [0.1, 0.15) is 0 Å². The number of benzene rings is 1. The van der Waals surface area contributed by atoms with E-state index in [2.05, 4.69) is 9.97 Å². The molecule has 3 rings (SSSR count). The second-order valence-electron chi connectivity index (χ2n) is 5.07. The fourth-order valence-electron chi connectivity index (χ4n) is 2.53. The van der Waals surface area contributed by atoms with Gasteiger partial charge >= 0.3 is 5.97 Å². The van der Waals surface area contributed by atoms with E-state index in [0.717, 1.165) is 22.2 Å². The van der Waals surface area contributed by atoms with Crippen molar-refractivity contribution in [3.05, 3.63) is 59.4 Å². The van der Waals surface area contributed by atoms with E-state index < -0.39 is 5.97 Å². The number of hydrogen-bond donors (Lipinski definition) is 1. The summed E-state index contributed by atoms with van der Waals surface area (Å²) in [5.41, 5.74) is 4.51. The molecule has 0 saturated carbocycles. The van der Waals surface area contributed by atoms with Crippen molar-refractivity contribution in [1.29, 1.82) is 0 Å². The van der Waals surface area contributed by atoms with Crippen LogP contribution in [0.4, 0.5) is 0 Å². The third-order valence-electron chi connectivity index (χ3n) is 3.45. The van der Waals surface area contributed by atoms with Crippen LogP contribution in [0.1, 0.15) is 21.5 Å². The van der Waals surface area contributed by atoms with Gasteiger partial charge in [-0.25, -0.2) is 9.78 Å². The van der Waals surface area contributed by atoms with Crippen LogP contribution in [0.15, 0.2) is 42.7 Å². The molecule has 0 atom stereocenters. The quantitative estimate of drug-likeness (QED) is 0.777. The van der Waals surface area contributed by atoms with Crippen LogP contribution in [-0.4, -0.2) is 21.0 Å². The third-order valence-corrected chi connectivity index (χ3v) is 3.45. The van der Waals surface area contributed by atoms with Gasteiger partial charge in [-0.15, -0.1) is 0 Å². The fourth-order valence-corrected chi connectivity index (χ4v) is 2.53. The summed E-state index contributed by atoms with van der Waals surface area (Å²) in [6.07, 6.45) is 3.34. The van der Waals surface area contributed by atoms with Gasteiger partial charge in [0, 0.05) is 23.3 Å². The van der Waals surface area contributed by atoms with Gasteiger partial charge in [-0.2, -0.15) is 0 Å². The number of hydrogen-bond acceptors (Lipinski definition) is 3. The molecule has 0 aliphatic heterocycles. The monoisotopic (exact) mass is 278 g/mol. The Hall–Kier alpha value is -2.75. The zero-order valence-corrected chi connectivity index (χ0v) is 11.8. The van der Waals surface area contributed by atoms with Gasteiger partial charge in [-0.3, -0.25) is 4.98 Å². The molecule has 2 heterocycles. The van der Waals surface area contributed by atoms with Gasteiger partial charge in [-0.05, 0) is 43.7 Å². The first-order valence-corrected chi connectivity index (χ1v) is 6.62. The Bertz CT molecular complexity index is 842. The molecule has 0 bridgehead atoms. The van der Waals surface area contributed by atoms with Gasteiger partial charge in [0.25, 0.3) is 0 Å². The van der Waals surface area contributed by atoms with Crippen LogP contribution in [0.25, 0.3) is 22.2 Å². The highest BCUT2D eigenvalue weighted by Crippen LogP contribution is 2.27. The minimum absolute atomic E-state index is 0.276. The Labute approximate surface area is 122 Å². The molecular formula is C17H14N2O2. The molecule has 3 aromatic rings. The minimum Gasteiger partial charge on any atom is -0.478 e. The van der Waals surface area contributed by atoms with E-state index in [1.54, 1.807) is 18.5 Å². The van der Waals surface area contributed by atoms with Crippen LogP contribution in [0.2, 0.25) is 0 Å². The van der Waals surface area contributed by atoms with Crippen LogP contribution < -0.4 is 0 Å². The standard InChI is InChI=1S/C17H14N2O2/c1-10-7-11(2)16-13(8-10)14(17(20)21)9-15(19-16)12-3-5-18-6-4-12/h3-9H,1-2H3,(H,20,21). The van der Waals surface area contributed by atoms with Crippen LogP contribution >= 0.6 is 0 Å². The average molecular weight is 278 g/mol. The van der Waals surface area contributed by atoms with Crippen LogP contribution in [0, 0.1) is 13.8 Å². The lowest BCUT2D eigenvalue weighted by atomic mass is 10.0. The number of rotatable bonds is 2. The molecule has 0 amide bonds. The third kappa shape index (κ3) is 2.36. The molecule has 1 aromatic carbocycles. The van der Waals surface area contributed by atoms with E-state index in [1.165, 1.54) is 0 Å². The highest BCUT2D eigenvalue weighted by Gasteiger charge is 2.14. The second kappa shape index (κ2) is 4.98. The average Bonchev–Trinajstić information content (AvgIpc) is 2.47. The fraction of sp³-hybridized carbons (Fsp3) is 0.118. The lowest BCUT2D eigenvalue weighted by molar-refractivity contribution is 0.0699. The van der Waals surface area contributed by atoms with Gasteiger partial charge in [-0.1, -0.05) is 11.6 Å². The first kappa shape index (κ1) is 13.2. The van der Waals surface area contributed by atoms with E-state index in [1.807, 2.05) is 38.1 Å². The number of aromatic carboxylic acids is 1. The molecule has 104 valence electrons. The summed E-state index contributed by atoms with van der Waals surface area (Å²) < 4.78 is 0. The van der Waals surface area contributed by atoms with E-state index >= 15 is 0 Å². The van der Waals surface area contributed by atoms with E-state index in [0.29, 0.717) is 11.1 Å². The molecule has 0 spiro atoms. The topological polar surface area (TPSA) is 63.1 Å². The van der Waals surface area contributed by atoms with Crippen molar-refractivity contribution in [3.8, 4) is 11.3 Å². The van der Waals surface area contributed by atoms with Gasteiger partial charge in [0.2, 0.25) is 0 Å². The maximum Gasteiger partial charge on any atom is 0.336 e. The maximum atomic E-state index is 11.6. The molecule has 0 aliphatic rings. The molecule has 4 heteroatoms. The number of fused-ring (bicyclic) bond motifs is 1. The lowest BCUT2D eigenvalue weighted by Crippen LogP contribution is -2.01. The molecule has 1 N–H and O–H groups in total. The molecule has 21 heavy (non-hydrogen) atoms. The van der Waals surface area contributed by atoms with Gasteiger partial charge in [0.05, 0.1) is 16.8 Å². The first-order valence-electron chi connectivity index (χ1n) is 6.62. The van der Waals surface area contributed by atoms with E-state index in [-0.39, 0.29) is 5.56 Å². The number of nitrogens with zero attached hydrogens (tertiary/aromatic N) is 2. The summed E-state index contributed by atoms with van der Waals surface area (Å²) in [7, 11) is 0. The van der Waals surface area contributed by atoms with Gasteiger partial charge in [0.15, 0.2) is 0 Å². The lowest BCUT2D eigenvalue weighted by Gasteiger charge is -2.10. The van der Waals surface area contributed by atoms with Crippen molar-refractivity contribution in [2.75, 3.05) is 0 Å². The van der Waals surface area contributed by atoms with Crippen LogP contribution in [0.5, 0.6) is 0 Å². The zero-order chi connectivity index (χ0) is 15.0. The largest absolute Gasteiger partial charge is 0.478 e. The SMILES string of the molecule is Cc1cc(C)c2nc(-c3ccncc3)cc(C(=O)O)c2c1. The Morgan fingerprint density at radius 3 is 2.48 bits per heavy atom. The van der Waals surface area contributed by atoms with Crippen LogP contribution in [-0.2, 0) is 0 Å².